The van der Waals surface area contributed by atoms with Crippen LogP contribution in [0.15, 0.2) is 24.3 Å². The van der Waals surface area contributed by atoms with Gasteiger partial charge < -0.3 is 16.4 Å². The van der Waals surface area contributed by atoms with Crippen LogP contribution in [0.25, 0.3) is 21.5 Å². The van der Waals surface area contributed by atoms with Crippen molar-refractivity contribution in [2.75, 3.05) is 23.7 Å². The molecule has 27 heavy (non-hydrogen) atoms. The molecule has 0 atom stereocenters. The standard InChI is InChI=1S/C18H16ClN5O2S/c19-10-3-1-9(2-4-10)14-12-13(20)15(16(21)26)27-17(12)23-18(22-14)24-7-5-11(25)6-8-24/h1-4H,5-8,20H2,(H2,21,26). The molecular formula is C18H16ClN5O2S. The second kappa shape index (κ2) is 6.79. The zero-order valence-electron chi connectivity index (χ0n) is 14.2. The number of halogens is 1. The highest BCUT2D eigenvalue weighted by Gasteiger charge is 2.24. The van der Waals surface area contributed by atoms with Gasteiger partial charge in [-0.3, -0.25) is 9.59 Å². The van der Waals surface area contributed by atoms with Crippen LogP contribution in [0.2, 0.25) is 5.02 Å². The number of hydrogen-bond donors (Lipinski definition) is 2. The van der Waals surface area contributed by atoms with Crippen LogP contribution in [0, 0.1) is 0 Å². The highest BCUT2D eigenvalue weighted by molar-refractivity contribution is 7.21. The highest BCUT2D eigenvalue weighted by Crippen LogP contribution is 2.39. The average molecular weight is 402 g/mol. The maximum Gasteiger partial charge on any atom is 0.260 e. The van der Waals surface area contributed by atoms with E-state index in [1.54, 1.807) is 12.1 Å². The van der Waals surface area contributed by atoms with Gasteiger partial charge in [0.1, 0.15) is 15.5 Å². The van der Waals surface area contributed by atoms with E-state index < -0.39 is 5.91 Å². The number of hydrogen-bond acceptors (Lipinski definition) is 7. The van der Waals surface area contributed by atoms with Crippen molar-refractivity contribution in [2.24, 2.45) is 5.73 Å². The molecule has 0 bridgehead atoms. The van der Waals surface area contributed by atoms with Crippen molar-refractivity contribution in [3.63, 3.8) is 0 Å². The summed E-state index contributed by atoms with van der Waals surface area (Å²) >= 11 is 7.16. The molecular weight excluding hydrogens is 386 g/mol. The maximum atomic E-state index is 11.7. The molecule has 7 nitrogen and oxygen atoms in total. The number of carbonyl (C=O) groups is 2. The molecule has 1 aromatic carbocycles. The largest absolute Gasteiger partial charge is 0.397 e. The van der Waals surface area contributed by atoms with Crippen molar-refractivity contribution in [3.05, 3.63) is 34.2 Å². The average Bonchev–Trinajstić information content (AvgIpc) is 2.99. The van der Waals surface area contributed by atoms with Gasteiger partial charge in [-0.2, -0.15) is 0 Å². The van der Waals surface area contributed by atoms with Crippen LogP contribution < -0.4 is 16.4 Å². The number of ketones is 1. The number of carbonyl (C=O) groups excluding carboxylic acids is 2. The van der Waals surface area contributed by atoms with Gasteiger partial charge >= 0.3 is 0 Å². The van der Waals surface area contributed by atoms with Crippen molar-refractivity contribution in [1.29, 1.82) is 0 Å². The summed E-state index contributed by atoms with van der Waals surface area (Å²) in [5.41, 5.74) is 13.4. The number of amides is 1. The Morgan fingerprint density at radius 3 is 2.44 bits per heavy atom. The Balaban J connectivity index is 1.92. The van der Waals surface area contributed by atoms with Gasteiger partial charge in [-0.05, 0) is 12.1 Å². The Kier molecular flexibility index (Phi) is 4.45. The zero-order valence-corrected chi connectivity index (χ0v) is 15.8. The number of rotatable bonds is 3. The molecule has 0 spiro atoms. The van der Waals surface area contributed by atoms with Crippen LogP contribution >= 0.6 is 22.9 Å². The third kappa shape index (κ3) is 3.22. The van der Waals surface area contributed by atoms with Gasteiger partial charge in [0.25, 0.3) is 5.91 Å². The van der Waals surface area contributed by atoms with Gasteiger partial charge in [-0.15, -0.1) is 11.3 Å². The van der Waals surface area contributed by atoms with Gasteiger partial charge in [-0.25, -0.2) is 9.97 Å². The topological polar surface area (TPSA) is 115 Å². The molecule has 3 heterocycles. The van der Waals surface area contributed by atoms with E-state index in [0.29, 0.717) is 52.8 Å². The monoisotopic (exact) mass is 401 g/mol. The summed E-state index contributed by atoms with van der Waals surface area (Å²) < 4.78 is 0. The summed E-state index contributed by atoms with van der Waals surface area (Å²) in [4.78, 5) is 35.4. The number of aromatic nitrogens is 2. The van der Waals surface area contributed by atoms with Crippen LogP contribution in [-0.4, -0.2) is 34.7 Å². The molecule has 1 aliphatic heterocycles. The molecule has 1 fully saturated rings. The summed E-state index contributed by atoms with van der Waals surface area (Å²) in [7, 11) is 0. The predicted octanol–water partition coefficient (Wildman–Crippen LogP) is 2.86. The van der Waals surface area contributed by atoms with Crippen LogP contribution in [0.1, 0.15) is 22.5 Å². The van der Waals surface area contributed by atoms with E-state index in [1.807, 2.05) is 17.0 Å². The third-order valence-electron chi connectivity index (χ3n) is 4.52. The smallest absolute Gasteiger partial charge is 0.260 e. The number of primary amides is 1. The Morgan fingerprint density at radius 2 is 1.81 bits per heavy atom. The Hall–Kier alpha value is -2.71. The first-order valence-corrected chi connectivity index (χ1v) is 9.56. The van der Waals surface area contributed by atoms with Gasteiger partial charge in [0.05, 0.1) is 16.8 Å². The number of fused-ring (bicyclic) bond motifs is 1. The molecule has 1 amide bonds. The molecule has 1 saturated heterocycles. The molecule has 0 unspecified atom stereocenters. The summed E-state index contributed by atoms with van der Waals surface area (Å²) in [5, 5.41) is 1.21. The lowest BCUT2D eigenvalue weighted by Gasteiger charge is -2.26. The number of nitrogen functional groups attached to an aromatic ring is 1. The summed E-state index contributed by atoms with van der Waals surface area (Å²) in [5.74, 6) is 0.154. The quantitative estimate of drug-likeness (QED) is 0.697. The number of nitrogens with two attached hydrogens (primary N) is 2. The zero-order chi connectivity index (χ0) is 19.1. The van der Waals surface area contributed by atoms with E-state index in [9.17, 15) is 9.59 Å². The SMILES string of the molecule is NC(=O)c1sc2nc(N3CCC(=O)CC3)nc(-c3ccc(Cl)cc3)c2c1N. The normalized spacial score (nSPS) is 14.7. The third-order valence-corrected chi connectivity index (χ3v) is 5.89. The second-order valence-electron chi connectivity index (χ2n) is 6.29. The van der Waals surface area contributed by atoms with Crippen molar-refractivity contribution in [1.82, 2.24) is 9.97 Å². The van der Waals surface area contributed by atoms with Gasteiger partial charge in [0, 0.05) is 36.5 Å². The molecule has 9 heteroatoms. The first-order valence-electron chi connectivity index (χ1n) is 8.36. The van der Waals surface area contributed by atoms with E-state index in [0.717, 1.165) is 16.9 Å². The maximum absolute atomic E-state index is 11.7. The first-order chi connectivity index (χ1) is 12.9. The minimum Gasteiger partial charge on any atom is -0.397 e. The van der Waals surface area contributed by atoms with E-state index in [1.165, 1.54) is 0 Å². The highest BCUT2D eigenvalue weighted by atomic mass is 35.5. The number of anilines is 2. The molecule has 3 aromatic rings. The summed E-state index contributed by atoms with van der Waals surface area (Å²) in [6.45, 7) is 1.13. The Labute approximate surface area is 163 Å². The molecule has 138 valence electrons. The molecule has 1 aliphatic rings. The molecule has 4 rings (SSSR count). The van der Waals surface area contributed by atoms with Crippen LogP contribution in [0.4, 0.5) is 11.6 Å². The molecule has 0 saturated carbocycles. The van der Waals surface area contributed by atoms with Crippen LogP contribution in [0.3, 0.4) is 0 Å². The summed E-state index contributed by atoms with van der Waals surface area (Å²) in [6.07, 6.45) is 0.938. The summed E-state index contributed by atoms with van der Waals surface area (Å²) in [6, 6.07) is 7.21. The number of benzene rings is 1. The number of piperidine rings is 1. The van der Waals surface area contributed by atoms with Gasteiger partial charge in [0.2, 0.25) is 5.95 Å². The lowest BCUT2D eigenvalue weighted by Crippen LogP contribution is -2.35. The molecule has 4 N–H and O–H groups in total. The lowest BCUT2D eigenvalue weighted by atomic mass is 10.1. The Bertz CT molecular complexity index is 1050. The van der Waals surface area contributed by atoms with E-state index in [-0.39, 0.29) is 16.3 Å². The van der Waals surface area contributed by atoms with Crippen LogP contribution in [-0.2, 0) is 4.79 Å². The number of nitrogens with zero attached hydrogens (tertiary/aromatic N) is 3. The van der Waals surface area contributed by atoms with Gasteiger partial charge in [0.15, 0.2) is 0 Å². The number of thiophene rings is 1. The fourth-order valence-electron chi connectivity index (χ4n) is 3.11. The predicted molar refractivity (Wildman–Crippen MR) is 107 cm³/mol. The fraction of sp³-hybridized carbons (Fsp3) is 0.222. The molecule has 2 aromatic heterocycles. The van der Waals surface area contributed by atoms with Crippen molar-refractivity contribution >= 4 is 56.5 Å². The van der Waals surface area contributed by atoms with Crippen molar-refractivity contribution < 1.29 is 9.59 Å². The van der Waals surface area contributed by atoms with E-state index in [4.69, 9.17) is 28.1 Å². The minimum absolute atomic E-state index is 0.238. The second-order valence-corrected chi connectivity index (χ2v) is 7.73. The van der Waals surface area contributed by atoms with E-state index >= 15 is 0 Å². The molecule has 0 radical (unpaired) electrons. The van der Waals surface area contributed by atoms with Gasteiger partial charge in [-0.1, -0.05) is 23.7 Å². The van der Waals surface area contributed by atoms with Crippen molar-refractivity contribution in [2.45, 2.75) is 12.8 Å². The fourth-order valence-corrected chi connectivity index (χ4v) is 4.18. The lowest BCUT2D eigenvalue weighted by molar-refractivity contribution is -0.119. The molecule has 0 aliphatic carbocycles. The van der Waals surface area contributed by atoms with Crippen LogP contribution in [0.5, 0.6) is 0 Å². The van der Waals surface area contributed by atoms with E-state index in [2.05, 4.69) is 4.98 Å². The minimum atomic E-state index is -0.595. The first kappa shape index (κ1) is 17.7. The Morgan fingerprint density at radius 1 is 1.15 bits per heavy atom. The number of Topliss-reactive ketones (excluding diaryl/α,β-unsaturated/α-hetero) is 1. The van der Waals surface area contributed by atoms with Crippen molar-refractivity contribution in [3.8, 4) is 11.3 Å².